The number of unbranched alkanes of at least 4 members (excludes halogenated alkanes) is 3. The fourth-order valence-corrected chi connectivity index (χ4v) is 2.55. The number of likely N-dealkylation sites (N-methyl/N-ethyl adjacent to an activating group) is 1. The number of halogens is 1. The van der Waals surface area contributed by atoms with Crippen molar-refractivity contribution >= 4 is 15.9 Å². The smallest absolute Gasteiger partial charge is 0.0175 e. The molecule has 0 aliphatic carbocycles. The largest absolute Gasteiger partial charge is 0.314 e. The van der Waals surface area contributed by atoms with Crippen molar-refractivity contribution in [1.29, 1.82) is 0 Å². The van der Waals surface area contributed by atoms with Gasteiger partial charge in [-0.15, -0.1) is 0 Å². The van der Waals surface area contributed by atoms with Gasteiger partial charge in [0.25, 0.3) is 0 Å². The maximum atomic E-state index is 3.61. The second-order valence-electron chi connectivity index (χ2n) is 4.93. The Bertz CT molecular complexity index is 307. The number of hydrogen-bond donors (Lipinski definition) is 1. The highest BCUT2D eigenvalue weighted by Crippen LogP contribution is 2.14. The van der Waals surface area contributed by atoms with Crippen molar-refractivity contribution in [2.75, 3.05) is 6.54 Å². The molecule has 1 unspecified atom stereocenters. The molecule has 1 aromatic rings. The minimum Gasteiger partial charge on any atom is -0.314 e. The van der Waals surface area contributed by atoms with Crippen LogP contribution in [0.15, 0.2) is 28.7 Å². The van der Waals surface area contributed by atoms with E-state index in [0.717, 1.165) is 17.4 Å². The highest BCUT2D eigenvalue weighted by molar-refractivity contribution is 9.10. The summed E-state index contributed by atoms with van der Waals surface area (Å²) in [6.07, 6.45) is 7.85. The minimum absolute atomic E-state index is 0.632. The lowest BCUT2D eigenvalue weighted by atomic mass is 10.00. The van der Waals surface area contributed by atoms with E-state index in [1.54, 1.807) is 0 Å². The van der Waals surface area contributed by atoms with Crippen molar-refractivity contribution < 1.29 is 0 Å². The Kier molecular flexibility index (Phi) is 8.36. The van der Waals surface area contributed by atoms with Crippen molar-refractivity contribution in [3.8, 4) is 0 Å². The fraction of sp³-hybridized carbons (Fsp3) is 0.625. The molecule has 102 valence electrons. The van der Waals surface area contributed by atoms with Gasteiger partial charge in [0.1, 0.15) is 0 Å². The van der Waals surface area contributed by atoms with Crippen LogP contribution in [-0.2, 0) is 6.42 Å². The summed E-state index contributed by atoms with van der Waals surface area (Å²) >= 11 is 3.49. The van der Waals surface area contributed by atoms with Gasteiger partial charge in [0, 0.05) is 10.5 Å². The van der Waals surface area contributed by atoms with Crippen LogP contribution in [0.25, 0.3) is 0 Å². The molecule has 18 heavy (non-hydrogen) atoms. The third-order valence-corrected chi connectivity index (χ3v) is 3.82. The molecule has 0 bridgehead atoms. The van der Waals surface area contributed by atoms with Gasteiger partial charge in [0.05, 0.1) is 0 Å². The molecule has 0 amide bonds. The highest BCUT2D eigenvalue weighted by atomic mass is 79.9. The Labute approximate surface area is 120 Å². The van der Waals surface area contributed by atoms with Crippen LogP contribution in [0.1, 0.15) is 51.5 Å². The second-order valence-corrected chi connectivity index (χ2v) is 5.85. The van der Waals surface area contributed by atoms with Gasteiger partial charge in [0.15, 0.2) is 0 Å². The molecule has 1 nitrogen and oxygen atoms in total. The van der Waals surface area contributed by atoms with Crippen molar-refractivity contribution in [2.45, 2.75) is 58.4 Å². The first kappa shape index (κ1) is 15.7. The number of hydrogen-bond acceptors (Lipinski definition) is 1. The van der Waals surface area contributed by atoms with Crippen LogP contribution in [0, 0.1) is 0 Å². The Morgan fingerprint density at radius 1 is 1.06 bits per heavy atom. The zero-order valence-electron chi connectivity index (χ0n) is 11.7. The first-order valence-electron chi connectivity index (χ1n) is 7.24. The van der Waals surface area contributed by atoms with Gasteiger partial charge in [-0.1, -0.05) is 67.6 Å². The average Bonchev–Trinajstić information content (AvgIpc) is 2.37. The van der Waals surface area contributed by atoms with Gasteiger partial charge >= 0.3 is 0 Å². The molecular weight excluding hydrogens is 286 g/mol. The normalized spacial score (nSPS) is 12.6. The van der Waals surface area contributed by atoms with E-state index >= 15 is 0 Å². The summed E-state index contributed by atoms with van der Waals surface area (Å²) in [5.41, 5.74) is 1.43. The van der Waals surface area contributed by atoms with E-state index in [2.05, 4.69) is 59.4 Å². The molecule has 0 saturated heterocycles. The summed E-state index contributed by atoms with van der Waals surface area (Å²) in [7, 11) is 0. The third-order valence-electron chi connectivity index (χ3n) is 3.29. The van der Waals surface area contributed by atoms with E-state index < -0.39 is 0 Å². The molecule has 0 aromatic heterocycles. The van der Waals surface area contributed by atoms with Gasteiger partial charge in [0.2, 0.25) is 0 Å². The molecule has 0 spiro atoms. The molecule has 0 aliphatic rings. The molecular formula is C16H26BrN. The summed E-state index contributed by atoms with van der Waals surface area (Å²) in [4.78, 5) is 0. The molecule has 1 aromatic carbocycles. The second kappa shape index (κ2) is 9.57. The summed E-state index contributed by atoms with van der Waals surface area (Å²) in [5.74, 6) is 0. The van der Waals surface area contributed by atoms with E-state index in [4.69, 9.17) is 0 Å². The topological polar surface area (TPSA) is 12.0 Å². The van der Waals surface area contributed by atoms with E-state index in [9.17, 15) is 0 Å². The Hall–Kier alpha value is -0.340. The number of rotatable bonds is 9. The zero-order valence-corrected chi connectivity index (χ0v) is 13.3. The average molecular weight is 312 g/mol. The first-order chi connectivity index (χ1) is 8.76. The Morgan fingerprint density at radius 3 is 2.39 bits per heavy atom. The van der Waals surface area contributed by atoms with Crippen LogP contribution < -0.4 is 5.32 Å². The molecule has 0 radical (unpaired) electrons. The molecule has 0 aliphatic heterocycles. The van der Waals surface area contributed by atoms with Gasteiger partial charge in [-0.05, 0) is 37.1 Å². The highest BCUT2D eigenvalue weighted by Gasteiger charge is 2.07. The quantitative estimate of drug-likeness (QED) is 0.637. The SMILES string of the molecule is CCCCCCC(Cc1ccc(Br)cc1)NCC. The summed E-state index contributed by atoms with van der Waals surface area (Å²) in [6, 6.07) is 9.35. The van der Waals surface area contributed by atoms with Crippen molar-refractivity contribution in [3.63, 3.8) is 0 Å². The van der Waals surface area contributed by atoms with E-state index in [0.29, 0.717) is 6.04 Å². The van der Waals surface area contributed by atoms with Gasteiger partial charge in [-0.25, -0.2) is 0 Å². The predicted molar refractivity (Wildman–Crippen MR) is 84.1 cm³/mol. The maximum absolute atomic E-state index is 3.61. The molecule has 1 atom stereocenters. The van der Waals surface area contributed by atoms with Gasteiger partial charge in [-0.3, -0.25) is 0 Å². The van der Waals surface area contributed by atoms with Crippen molar-refractivity contribution in [1.82, 2.24) is 5.32 Å². The molecule has 1 N–H and O–H groups in total. The van der Waals surface area contributed by atoms with Gasteiger partial charge < -0.3 is 5.32 Å². The molecule has 0 fully saturated rings. The van der Waals surface area contributed by atoms with Crippen LogP contribution in [0.2, 0.25) is 0 Å². The van der Waals surface area contributed by atoms with Crippen LogP contribution in [0.3, 0.4) is 0 Å². The van der Waals surface area contributed by atoms with E-state index in [1.165, 1.54) is 37.7 Å². The zero-order chi connectivity index (χ0) is 13.2. The Morgan fingerprint density at radius 2 is 1.78 bits per heavy atom. The van der Waals surface area contributed by atoms with Gasteiger partial charge in [-0.2, -0.15) is 0 Å². The van der Waals surface area contributed by atoms with Crippen LogP contribution in [0.4, 0.5) is 0 Å². The predicted octanol–water partition coefficient (Wildman–Crippen LogP) is 4.94. The van der Waals surface area contributed by atoms with E-state index in [-0.39, 0.29) is 0 Å². The van der Waals surface area contributed by atoms with Crippen LogP contribution in [-0.4, -0.2) is 12.6 Å². The monoisotopic (exact) mass is 311 g/mol. The number of benzene rings is 1. The lowest BCUT2D eigenvalue weighted by Gasteiger charge is -2.18. The van der Waals surface area contributed by atoms with E-state index in [1.807, 2.05) is 0 Å². The maximum Gasteiger partial charge on any atom is 0.0175 e. The lowest BCUT2D eigenvalue weighted by Crippen LogP contribution is -2.30. The molecule has 2 heteroatoms. The first-order valence-corrected chi connectivity index (χ1v) is 8.03. The molecule has 0 saturated carbocycles. The van der Waals surface area contributed by atoms with Crippen molar-refractivity contribution in [2.24, 2.45) is 0 Å². The third kappa shape index (κ3) is 6.55. The summed E-state index contributed by atoms with van der Waals surface area (Å²) < 4.78 is 1.16. The van der Waals surface area contributed by atoms with Crippen LogP contribution in [0.5, 0.6) is 0 Å². The lowest BCUT2D eigenvalue weighted by molar-refractivity contribution is 0.463. The van der Waals surface area contributed by atoms with Crippen molar-refractivity contribution in [3.05, 3.63) is 34.3 Å². The molecule has 0 heterocycles. The minimum atomic E-state index is 0.632. The summed E-state index contributed by atoms with van der Waals surface area (Å²) in [6.45, 7) is 5.53. The number of nitrogens with one attached hydrogen (secondary N) is 1. The fourth-order valence-electron chi connectivity index (χ4n) is 2.29. The Balaban J connectivity index is 2.38. The van der Waals surface area contributed by atoms with Crippen LogP contribution >= 0.6 is 15.9 Å². The standard InChI is InChI=1S/C16H26BrN/c1-3-5-6-7-8-16(18-4-2)13-14-9-11-15(17)12-10-14/h9-12,16,18H,3-8,13H2,1-2H3. The molecule has 1 rings (SSSR count). The summed E-state index contributed by atoms with van der Waals surface area (Å²) in [5, 5.41) is 3.61.